The third-order valence-electron chi connectivity index (χ3n) is 3.70. The van der Waals surface area contributed by atoms with Crippen molar-refractivity contribution in [2.75, 3.05) is 25.1 Å². The second kappa shape index (κ2) is 7.64. The molecule has 1 fully saturated rings. The third-order valence-corrected chi connectivity index (χ3v) is 4.34. The first-order valence-electron chi connectivity index (χ1n) is 7.08. The number of carbonyl (C=O) groups is 1. The molecule has 0 aromatic carbocycles. The summed E-state index contributed by atoms with van der Waals surface area (Å²) in [6.45, 7) is 2.44. The van der Waals surface area contributed by atoms with Crippen molar-refractivity contribution in [3.63, 3.8) is 0 Å². The molecule has 1 saturated heterocycles. The van der Waals surface area contributed by atoms with Gasteiger partial charge in [0, 0.05) is 25.8 Å². The molecule has 1 aromatic heterocycles. The zero-order valence-electron chi connectivity index (χ0n) is 11.9. The highest BCUT2D eigenvalue weighted by atomic mass is 32.2. The van der Waals surface area contributed by atoms with Crippen LogP contribution in [-0.2, 0) is 11.3 Å². The van der Waals surface area contributed by atoms with E-state index in [9.17, 15) is 4.79 Å². The van der Waals surface area contributed by atoms with Crippen molar-refractivity contribution >= 4 is 17.7 Å². The van der Waals surface area contributed by atoms with Crippen LogP contribution in [0, 0.1) is 5.92 Å². The summed E-state index contributed by atoms with van der Waals surface area (Å²) in [7, 11) is 0. The third kappa shape index (κ3) is 4.21. The molecule has 112 valence electrons. The molecule has 0 spiro atoms. The monoisotopic (exact) mass is 297 g/mol. The Balaban J connectivity index is 1.84. The van der Waals surface area contributed by atoms with Gasteiger partial charge in [0.25, 0.3) is 0 Å². The van der Waals surface area contributed by atoms with Gasteiger partial charge in [0.1, 0.15) is 0 Å². The van der Waals surface area contributed by atoms with E-state index in [4.69, 9.17) is 5.73 Å². The molecule has 0 bridgehead atoms. The largest absolute Gasteiger partial charge is 0.341 e. The molecule has 1 aliphatic heterocycles. The molecule has 2 rings (SSSR count). The van der Waals surface area contributed by atoms with E-state index in [1.165, 1.54) is 0 Å². The fourth-order valence-corrected chi connectivity index (χ4v) is 3.10. The number of nitrogens with zero attached hydrogens (tertiary/aromatic N) is 4. The normalized spacial score (nSPS) is 20.9. The Morgan fingerprint density at radius 3 is 3.15 bits per heavy atom. The quantitative estimate of drug-likeness (QED) is 0.832. The topological polar surface area (TPSA) is 77.0 Å². The van der Waals surface area contributed by atoms with Gasteiger partial charge in [-0.15, -0.1) is 5.10 Å². The maximum Gasteiger partial charge on any atom is 0.239 e. The molecule has 7 heteroatoms. The average molecular weight is 297 g/mol. The number of thioether (sulfide) groups is 1. The van der Waals surface area contributed by atoms with Crippen molar-refractivity contribution in [2.24, 2.45) is 11.7 Å². The standard InChI is InChI=1S/C13H23N5OS/c1-20-8-4-12(14)13(19)17-6-2-3-11(9-17)10-18-7-5-15-16-18/h5,7,11-12H,2-4,6,8-10,14H2,1H3/t11-,12+/m1/s1. The molecule has 1 aromatic rings. The van der Waals surface area contributed by atoms with E-state index in [1.807, 2.05) is 22.0 Å². The number of piperidine rings is 1. The summed E-state index contributed by atoms with van der Waals surface area (Å²) in [4.78, 5) is 14.2. The van der Waals surface area contributed by atoms with Crippen LogP contribution in [0.25, 0.3) is 0 Å². The molecule has 0 unspecified atom stereocenters. The summed E-state index contributed by atoms with van der Waals surface area (Å²) in [5, 5.41) is 7.81. The Hall–Kier alpha value is -1.08. The number of amides is 1. The van der Waals surface area contributed by atoms with Crippen molar-refractivity contribution in [1.82, 2.24) is 19.9 Å². The molecular weight excluding hydrogens is 274 g/mol. The van der Waals surface area contributed by atoms with Crippen LogP contribution in [0.5, 0.6) is 0 Å². The highest BCUT2D eigenvalue weighted by molar-refractivity contribution is 7.98. The minimum Gasteiger partial charge on any atom is -0.341 e. The van der Waals surface area contributed by atoms with Crippen LogP contribution in [0.4, 0.5) is 0 Å². The van der Waals surface area contributed by atoms with E-state index < -0.39 is 0 Å². The van der Waals surface area contributed by atoms with Crippen LogP contribution in [0.1, 0.15) is 19.3 Å². The Morgan fingerprint density at radius 2 is 2.45 bits per heavy atom. The molecule has 20 heavy (non-hydrogen) atoms. The van der Waals surface area contributed by atoms with Gasteiger partial charge in [-0.25, -0.2) is 0 Å². The van der Waals surface area contributed by atoms with Gasteiger partial charge in [-0.3, -0.25) is 9.48 Å². The minimum atomic E-state index is -0.354. The van der Waals surface area contributed by atoms with E-state index in [-0.39, 0.29) is 11.9 Å². The summed E-state index contributed by atoms with van der Waals surface area (Å²) in [5.41, 5.74) is 5.98. The number of hydrogen-bond donors (Lipinski definition) is 1. The second-order valence-electron chi connectivity index (χ2n) is 5.31. The number of carbonyl (C=O) groups excluding carboxylic acids is 1. The van der Waals surface area contributed by atoms with Crippen molar-refractivity contribution in [3.8, 4) is 0 Å². The molecule has 2 heterocycles. The lowest BCUT2D eigenvalue weighted by molar-refractivity contribution is -0.134. The van der Waals surface area contributed by atoms with E-state index in [0.717, 1.165) is 44.6 Å². The van der Waals surface area contributed by atoms with Gasteiger partial charge in [-0.2, -0.15) is 11.8 Å². The summed E-state index contributed by atoms with van der Waals surface area (Å²) < 4.78 is 1.84. The van der Waals surface area contributed by atoms with E-state index in [0.29, 0.717) is 5.92 Å². The Bertz CT molecular complexity index is 411. The van der Waals surface area contributed by atoms with Crippen molar-refractivity contribution in [3.05, 3.63) is 12.4 Å². The first-order chi connectivity index (χ1) is 9.70. The first kappa shape index (κ1) is 15.3. The van der Waals surface area contributed by atoms with Crippen LogP contribution in [0.15, 0.2) is 12.4 Å². The average Bonchev–Trinajstić information content (AvgIpc) is 2.97. The first-order valence-corrected chi connectivity index (χ1v) is 8.47. The summed E-state index contributed by atoms with van der Waals surface area (Å²) in [6, 6.07) is -0.354. The maximum absolute atomic E-state index is 12.3. The van der Waals surface area contributed by atoms with Crippen molar-refractivity contribution in [1.29, 1.82) is 0 Å². The van der Waals surface area contributed by atoms with Gasteiger partial charge >= 0.3 is 0 Å². The van der Waals surface area contributed by atoms with Gasteiger partial charge in [0.2, 0.25) is 5.91 Å². The summed E-state index contributed by atoms with van der Waals surface area (Å²) in [5.74, 6) is 1.48. The van der Waals surface area contributed by atoms with Crippen LogP contribution in [-0.4, -0.2) is 56.9 Å². The van der Waals surface area contributed by atoms with E-state index in [2.05, 4.69) is 10.3 Å². The van der Waals surface area contributed by atoms with Gasteiger partial charge in [0.05, 0.1) is 12.2 Å². The second-order valence-corrected chi connectivity index (χ2v) is 6.29. The number of rotatable bonds is 6. The van der Waals surface area contributed by atoms with Gasteiger partial charge in [-0.1, -0.05) is 5.21 Å². The highest BCUT2D eigenvalue weighted by Crippen LogP contribution is 2.19. The summed E-state index contributed by atoms with van der Waals surface area (Å²) in [6.07, 6.45) is 8.51. The number of likely N-dealkylation sites (tertiary alicyclic amines) is 1. The van der Waals surface area contributed by atoms with Crippen LogP contribution < -0.4 is 5.73 Å². The van der Waals surface area contributed by atoms with Gasteiger partial charge in [0.15, 0.2) is 0 Å². The highest BCUT2D eigenvalue weighted by Gasteiger charge is 2.27. The molecule has 2 N–H and O–H groups in total. The lowest BCUT2D eigenvalue weighted by atomic mass is 9.97. The van der Waals surface area contributed by atoms with Crippen LogP contribution in [0.2, 0.25) is 0 Å². The fraction of sp³-hybridized carbons (Fsp3) is 0.769. The Labute approximate surface area is 124 Å². The van der Waals surface area contributed by atoms with Crippen LogP contribution >= 0.6 is 11.8 Å². The summed E-state index contributed by atoms with van der Waals surface area (Å²) >= 11 is 1.73. The zero-order chi connectivity index (χ0) is 14.4. The SMILES string of the molecule is CSCC[C@H](N)C(=O)N1CCC[C@@H](Cn2ccnn2)C1. The Kier molecular flexibility index (Phi) is 5.85. The van der Waals surface area contributed by atoms with Gasteiger partial charge in [-0.05, 0) is 37.2 Å². The van der Waals surface area contributed by atoms with Crippen molar-refractivity contribution in [2.45, 2.75) is 31.8 Å². The van der Waals surface area contributed by atoms with Crippen molar-refractivity contribution < 1.29 is 4.79 Å². The van der Waals surface area contributed by atoms with Crippen LogP contribution in [0.3, 0.4) is 0 Å². The van der Waals surface area contributed by atoms with E-state index >= 15 is 0 Å². The maximum atomic E-state index is 12.3. The molecule has 0 aliphatic carbocycles. The predicted molar refractivity (Wildman–Crippen MR) is 80.3 cm³/mol. The lowest BCUT2D eigenvalue weighted by Crippen LogP contribution is -2.48. The number of aromatic nitrogens is 3. The number of hydrogen-bond acceptors (Lipinski definition) is 5. The molecule has 0 radical (unpaired) electrons. The lowest BCUT2D eigenvalue weighted by Gasteiger charge is -2.34. The minimum absolute atomic E-state index is 0.0994. The molecule has 6 nitrogen and oxygen atoms in total. The zero-order valence-corrected chi connectivity index (χ0v) is 12.8. The number of nitrogens with two attached hydrogens (primary N) is 1. The smallest absolute Gasteiger partial charge is 0.239 e. The fourth-order valence-electron chi connectivity index (χ4n) is 2.61. The van der Waals surface area contributed by atoms with Gasteiger partial charge < -0.3 is 10.6 Å². The molecule has 1 aliphatic rings. The van der Waals surface area contributed by atoms with E-state index in [1.54, 1.807) is 18.0 Å². The molecule has 0 saturated carbocycles. The molecular formula is C13H23N5OS. The molecule has 2 atom stereocenters. The molecule has 1 amide bonds. The predicted octanol–water partition coefficient (Wildman–Crippen LogP) is 0.597. The Morgan fingerprint density at radius 1 is 1.60 bits per heavy atom.